The normalized spacial score (nSPS) is 12.9. The molecule has 16 heavy (non-hydrogen) atoms. The van der Waals surface area contributed by atoms with E-state index in [1.54, 1.807) is 0 Å². The number of nitrogens with two attached hydrogens (primary N) is 1. The molecule has 2 nitrogen and oxygen atoms in total. The summed E-state index contributed by atoms with van der Waals surface area (Å²) in [6, 6.07) is 15.2. The van der Waals surface area contributed by atoms with Crippen LogP contribution in [0.5, 0.6) is 0 Å². The Morgan fingerprint density at radius 3 is 2.69 bits per heavy atom. The lowest BCUT2D eigenvalue weighted by atomic mass is 10.0. The first-order valence-corrected chi connectivity index (χ1v) is 5.71. The van der Waals surface area contributed by atoms with Gasteiger partial charge in [-0.3, -0.25) is 0 Å². The molecule has 0 aliphatic carbocycles. The molecule has 0 unspecified atom stereocenters. The first-order chi connectivity index (χ1) is 7.81. The van der Waals surface area contributed by atoms with E-state index < -0.39 is 0 Å². The molecule has 2 aromatic rings. The average molecular weight is 214 g/mol. The highest BCUT2D eigenvalue weighted by molar-refractivity contribution is 5.85. The zero-order valence-corrected chi connectivity index (χ0v) is 9.61. The maximum atomic E-state index is 5.59. The Bertz CT molecular complexity index is 460. The molecule has 2 rings (SSSR count). The largest absolute Gasteiger partial charge is 0.329 e. The van der Waals surface area contributed by atoms with Crippen molar-refractivity contribution in [2.45, 2.75) is 19.5 Å². The van der Waals surface area contributed by atoms with Gasteiger partial charge < -0.3 is 11.1 Å². The van der Waals surface area contributed by atoms with Gasteiger partial charge in [0, 0.05) is 19.1 Å². The highest BCUT2D eigenvalue weighted by Crippen LogP contribution is 2.18. The topological polar surface area (TPSA) is 38.0 Å². The summed E-state index contributed by atoms with van der Waals surface area (Å²) in [4.78, 5) is 0. The Morgan fingerprint density at radius 1 is 1.12 bits per heavy atom. The molecule has 0 aliphatic heterocycles. The summed E-state index contributed by atoms with van der Waals surface area (Å²) in [5.74, 6) is 0. The van der Waals surface area contributed by atoms with E-state index in [9.17, 15) is 0 Å². The second-order valence-electron chi connectivity index (χ2n) is 4.16. The van der Waals surface area contributed by atoms with Crippen LogP contribution in [0.3, 0.4) is 0 Å². The third kappa shape index (κ3) is 2.40. The van der Waals surface area contributed by atoms with Crippen molar-refractivity contribution in [2.75, 3.05) is 6.54 Å². The molecular formula is C14H18N2. The number of hydrogen-bond acceptors (Lipinski definition) is 2. The highest BCUT2D eigenvalue weighted by atomic mass is 14.9. The molecule has 84 valence electrons. The van der Waals surface area contributed by atoms with Gasteiger partial charge in [0.25, 0.3) is 0 Å². The van der Waals surface area contributed by atoms with Gasteiger partial charge in [-0.2, -0.15) is 0 Å². The van der Waals surface area contributed by atoms with Crippen LogP contribution in [-0.4, -0.2) is 12.6 Å². The van der Waals surface area contributed by atoms with Gasteiger partial charge in [0.15, 0.2) is 0 Å². The average Bonchev–Trinajstić information content (AvgIpc) is 2.35. The van der Waals surface area contributed by atoms with E-state index in [1.807, 2.05) is 0 Å². The summed E-state index contributed by atoms with van der Waals surface area (Å²) in [7, 11) is 0. The van der Waals surface area contributed by atoms with E-state index in [2.05, 4.69) is 54.7 Å². The molecular weight excluding hydrogens is 196 g/mol. The smallest absolute Gasteiger partial charge is 0.0214 e. The molecule has 2 aromatic carbocycles. The fourth-order valence-electron chi connectivity index (χ4n) is 1.81. The molecule has 0 heterocycles. The van der Waals surface area contributed by atoms with Crippen molar-refractivity contribution in [2.24, 2.45) is 5.73 Å². The minimum absolute atomic E-state index is 0.360. The quantitative estimate of drug-likeness (QED) is 0.819. The van der Waals surface area contributed by atoms with Crippen molar-refractivity contribution in [1.82, 2.24) is 5.32 Å². The maximum absolute atomic E-state index is 5.59. The summed E-state index contributed by atoms with van der Waals surface area (Å²) < 4.78 is 0. The maximum Gasteiger partial charge on any atom is 0.0214 e. The Hall–Kier alpha value is -1.38. The SMILES string of the molecule is C[C@H](CN)NCc1cccc2ccccc12. The highest BCUT2D eigenvalue weighted by Gasteiger charge is 2.01. The Labute approximate surface area is 96.5 Å². The molecule has 0 saturated carbocycles. The summed E-state index contributed by atoms with van der Waals surface area (Å²) in [5, 5.41) is 6.03. The van der Waals surface area contributed by atoms with Crippen molar-refractivity contribution in [3.63, 3.8) is 0 Å². The van der Waals surface area contributed by atoms with Gasteiger partial charge in [-0.1, -0.05) is 42.5 Å². The Morgan fingerprint density at radius 2 is 1.88 bits per heavy atom. The van der Waals surface area contributed by atoms with Crippen LogP contribution >= 0.6 is 0 Å². The van der Waals surface area contributed by atoms with Crippen LogP contribution in [0, 0.1) is 0 Å². The van der Waals surface area contributed by atoms with Crippen LogP contribution in [0.2, 0.25) is 0 Å². The van der Waals surface area contributed by atoms with Gasteiger partial charge >= 0.3 is 0 Å². The van der Waals surface area contributed by atoms with Gasteiger partial charge in [0.05, 0.1) is 0 Å². The van der Waals surface area contributed by atoms with Crippen LogP contribution in [0.15, 0.2) is 42.5 Å². The first kappa shape index (κ1) is 11.1. The second kappa shape index (κ2) is 5.10. The summed E-state index contributed by atoms with van der Waals surface area (Å²) >= 11 is 0. The van der Waals surface area contributed by atoms with E-state index in [-0.39, 0.29) is 0 Å². The molecule has 0 aromatic heterocycles. The van der Waals surface area contributed by atoms with Crippen molar-refractivity contribution in [1.29, 1.82) is 0 Å². The third-order valence-electron chi connectivity index (χ3n) is 2.87. The van der Waals surface area contributed by atoms with Gasteiger partial charge in [0.2, 0.25) is 0 Å². The predicted molar refractivity (Wildman–Crippen MR) is 69.3 cm³/mol. The number of rotatable bonds is 4. The molecule has 0 bridgehead atoms. The van der Waals surface area contributed by atoms with Crippen molar-refractivity contribution in [3.8, 4) is 0 Å². The fourth-order valence-corrected chi connectivity index (χ4v) is 1.81. The van der Waals surface area contributed by atoms with E-state index in [0.717, 1.165) is 6.54 Å². The van der Waals surface area contributed by atoms with E-state index in [0.29, 0.717) is 12.6 Å². The fraction of sp³-hybridized carbons (Fsp3) is 0.286. The summed E-state index contributed by atoms with van der Waals surface area (Å²) in [6.07, 6.45) is 0. The van der Waals surface area contributed by atoms with Crippen molar-refractivity contribution >= 4 is 10.8 Å². The molecule has 0 amide bonds. The number of fused-ring (bicyclic) bond motifs is 1. The molecule has 0 saturated heterocycles. The molecule has 3 N–H and O–H groups in total. The lowest BCUT2D eigenvalue weighted by molar-refractivity contribution is 0.558. The monoisotopic (exact) mass is 214 g/mol. The van der Waals surface area contributed by atoms with Crippen LogP contribution in [0.4, 0.5) is 0 Å². The minimum Gasteiger partial charge on any atom is -0.329 e. The third-order valence-corrected chi connectivity index (χ3v) is 2.87. The van der Waals surface area contributed by atoms with E-state index >= 15 is 0 Å². The zero-order valence-electron chi connectivity index (χ0n) is 9.61. The Kier molecular flexibility index (Phi) is 3.54. The molecule has 0 spiro atoms. The Balaban J connectivity index is 2.23. The predicted octanol–water partition coefficient (Wildman–Crippen LogP) is 2.28. The standard InChI is InChI=1S/C14H18N2/c1-11(9-15)16-10-13-7-4-6-12-5-2-3-8-14(12)13/h2-8,11,16H,9-10,15H2,1H3/t11-/m1/s1. The lowest BCUT2D eigenvalue weighted by Crippen LogP contribution is -2.32. The minimum atomic E-state index is 0.360. The first-order valence-electron chi connectivity index (χ1n) is 5.71. The van der Waals surface area contributed by atoms with Gasteiger partial charge in [-0.05, 0) is 23.3 Å². The number of nitrogens with one attached hydrogen (secondary N) is 1. The van der Waals surface area contributed by atoms with Gasteiger partial charge in [-0.15, -0.1) is 0 Å². The molecule has 1 atom stereocenters. The van der Waals surface area contributed by atoms with Crippen molar-refractivity contribution in [3.05, 3.63) is 48.0 Å². The van der Waals surface area contributed by atoms with E-state index in [1.165, 1.54) is 16.3 Å². The van der Waals surface area contributed by atoms with Crippen LogP contribution in [0.1, 0.15) is 12.5 Å². The van der Waals surface area contributed by atoms with Crippen LogP contribution in [0.25, 0.3) is 10.8 Å². The molecule has 0 radical (unpaired) electrons. The van der Waals surface area contributed by atoms with Gasteiger partial charge in [-0.25, -0.2) is 0 Å². The zero-order chi connectivity index (χ0) is 11.4. The van der Waals surface area contributed by atoms with Crippen LogP contribution in [-0.2, 0) is 6.54 Å². The second-order valence-corrected chi connectivity index (χ2v) is 4.16. The molecule has 0 fully saturated rings. The summed E-state index contributed by atoms with van der Waals surface area (Å²) in [6.45, 7) is 3.65. The number of benzene rings is 2. The number of hydrogen-bond donors (Lipinski definition) is 2. The lowest BCUT2D eigenvalue weighted by Gasteiger charge is -2.12. The summed E-state index contributed by atoms with van der Waals surface area (Å²) in [5.41, 5.74) is 6.92. The van der Waals surface area contributed by atoms with E-state index in [4.69, 9.17) is 5.73 Å². The van der Waals surface area contributed by atoms with Crippen LogP contribution < -0.4 is 11.1 Å². The van der Waals surface area contributed by atoms with Gasteiger partial charge in [0.1, 0.15) is 0 Å². The molecule has 2 heteroatoms. The van der Waals surface area contributed by atoms with Crippen molar-refractivity contribution < 1.29 is 0 Å². The molecule has 0 aliphatic rings.